The molecular formula is C12H16N2O5. The van der Waals surface area contributed by atoms with E-state index in [0.717, 1.165) is 4.57 Å². The number of carbonyl (C=O) groups excluding carboxylic acids is 2. The molecule has 1 aromatic rings. The largest absolute Gasteiger partial charge is 0.468 e. The molecule has 0 aliphatic rings. The summed E-state index contributed by atoms with van der Waals surface area (Å²) in [5, 5.41) is 0. The van der Waals surface area contributed by atoms with Gasteiger partial charge in [0.25, 0.3) is 11.6 Å². The highest BCUT2D eigenvalue weighted by molar-refractivity contribution is 5.95. The van der Waals surface area contributed by atoms with Crippen LogP contribution in [0.25, 0.3) is 0 Å². The van der Waals surface area contributed by atoms with Crippen molar-refractivity contribution in [2.24, 2.45) is 0 Å². The molecule has 0 aromatic carbocycles. The number of aryl methyl sites for hydroxylation is 1. The summed E-state index contributed by atoms with van der Waals surface area (Å²) in [6, 6.07) is 1.34. The van der Waals surface area contributed by atoms with Crippen LogP contribution in [0.2, 0.25) is 0 Å². The molecule has 0 fully saturated rings. The fraction of sp³-hybridized carbons (Fsp3) is 0.500. The summed E-state index contributed by atoms with van der Waals surface area (Å²) in [7, 11) is 1.35. The van der Waals surface area contributed by atoms with Gasteiger partial charge in [-0.2, -0.15) is 0 Å². The van der Waals surface area contributed by atoms with Gasteiger partial charge in [-0.15, -0.1) is 0 Å². The SMILES string of the molecule is CCOC(=O)CC(=O)Cn1c(OC)nc(C)cc1=O. The number of hydrogen-bond acceptors (Lipinski definition) is 6. The van der Waals surface area contributed by atoms with Gasteiger partial charge < -0.3 is 9.47 Å². The first-order valence-electron chi connectivity index (χ1n) is 5.77. The molecule has 1 heterocycles. The zero-order valence-electron chi connectivity index (χ0n) is 11.1. The second-order valence-electron chi connectivity index (χ2n) is 3.83. The number of hydrogen-bond donors (Lipinski definition) is 0. The average Bonchev–Trinajstić information content (AvgIpc) is 2.32. The summed E-state index contributed by atoms with van der Waals surface area (Å²) in [6.07, 6.45) is -0.378. The van der Waals surface area contributed by atoms with Crippen LogP contribution in [0.3, 0.4) is 0 Å². The zero-order valence-corrected chi connectivity index (χ0v) is 11.1. The van der Waals surface area contributed by atoms with Crippen LogP contribution in [0.5, 0.6) is 6.01 Å². The van der Waals surface area contributed by atoms with Gasteiger partial charge in [0.15, 0.2) is 5.78 Å². The standard InChI is InChI=1S/C12H16N2O5/c1-4-19-11(17)6-9(15)7-14-10(16)5-8(2)13-12(14)18-3/h5H,4,6-7H2,1-3H3. The quantitative estimate of drug-likeness (QED) is 0.536. The fourth-order valence-electron chi connectivity index (χ4n) is 1.50. The smallest absolute Gasteiger partial charge is 0.313 e. The van der Waals surface area contributed by atoms with Crippen molar-refractivity contribution in [2.75, 3.05) is 13.7 Å². The van der Waals surface area contributed by atoms with Crippen molar-refractivity contribution in [3.05, 3.63) is 22.1 Å². The van der Waals surface area contributed by atoms with Crippen molar-refractivity contribution in [1.29, 1.82) is 0 Å². The van der Waals surface area contributed by atoms with E-state index in [2.05, 4.69) is 9.72 Å². The van der Waals surface area contributed by atoms with Crippen LogP contribution in [-0.4, -0.2) is 35.0 Å². The summed E-state index contributed by atoms with van der Waals surface area (Å²) in [4.78, 5) is 38.6. The van der Waals surface area contributed by atoms with Gasteiger partial charge in [-0.1, -0.05) is 0 Å². The first-order valence-corrected chi connectivity index (χ1v) is 5.77. The van der Waals surface area contributed by atoms with Gasteiger partial charge in [0, 0.05) is 11.8 Å². The number of Topliss-reactive ketones (excluding diaryl/α,β-unsaturated/α-hetero) is 1. The first-order chi connectivity index (χ1) is 8.97. The maximum Gasteiger partial charge on any atom is 0.313 e. The monoisotopic (exact) mass is 268 g/mol. The third-order valence-corrected chi connectivity index (χ3v) is 2.27. The van der Waals surface area contributed by atoms with E-state index in [-0.39, 0.29) is 25.6 Å². The molecule has 0 unspecified atom stereocenters. The number of ketones is 1. The molecule has 0 radical (unpaired) electrons. The molecule has 0 saturated carbocycles. The van der Waals surface area contributed by atoms with E-state index in [1.807, 2.05) is 0 Å². The summed E-state index contributed by atoms with van der Waals surface area (Å²) >= 11 is 0. The second-order valence-corrected chi connectivity index (χ2v) is 3.83. The number of aromatic nitrogens is 2. The highest BCUT2D eigenvalue weighted by atomic mass is 16.5. The van der Waals surface area contributed by atoms with Gasteiger partial charge >= 0.3 is 5.97 Å². The van der Waals surface area contributed by atoms with Crippen molar-refractivity contribution >= 4 is 11.8 Å². The van der Waals surface area contributed by atoms with Gasteiger partial charge in [-0.05, 0) is 13.8 Å². The molecular weight excluding hydrogens is 252 g/mol. The summed E-state index contributed by atoms with van der Waals surface area (Å²) in [5.74, 6) is -1.05. The number of methoxy groups -OCH3 is 1. The lowest BCUT2D eigenvalue weighted by molar-refractivity contribution is -0.145. The Balaban J connectivity index is 2.85. The molecule has 0 aliphatic heterocycles. The van der Waals surface area contributed by atoms with Gasteiger partial charge in [0.05, 0.1) is 20.3 Å². The molecule has 0 amide bonds. The Kier molecular flexibility index (Phi) is 5.23. The molecule has 0 N–H and O–H groups in total. The Morgan fingerprint density at radius 3 is 2.68 bits per heavy atom. The van der Waals surface area contributed by atoms with Gasteiger partial charge in [0.2, 0.25) is 0 Å². The van der Waals surface area contributed by atoms with Crippen molar-refractivity contribution in [1.82, 2.24) is 9.55 Å². The maximum atomic E-state index is 11.7. The number of esters is 1. The van der Waals surface area contributed by atoms with Crippen molar-refractivity contribution in [3.63, 3.8) is 0 Å². The highest BCUT2D eigenvalue weighted by Gasteiger charge is 2.15. The second kappa shape index (κ2) is 6.67. The van der Waals surface area contributed by atoms with E-state index in [9.17, 15) is 14.4 Å². The Labute approximate surface area is 110 Å². The molecule has 0 spiro atoms. The Morgan fingerprint density at radius 1 is 1.42 bits per heavy atom. The Morgan fingerprint density at radius 2 is 2.11 bits per heavy atom. The minimum atomic E-state index is -0.611. The van der Waals surface area contributed by atoms with Gasteiger partial charge in [0.1, 0.15) is 6.42 Å². The van der Waals surface area contributed by atoms with E-state index in [1.54, 1.807) is 13.8 Å². The first kappa shape index (κ1) is 14.9. The molecule has 19 heavy (non-hydrogen) atoms. The molecule has 104 valence electrons. The van der Waals surface area contributed by atoms with Crippen LogP contribution < -0.4 is 10.3 Å². The lowest BCUT2D eigenvalue weighted by Gasteiger charge is -2.10. The summed E-state index contributed by atoms with van der Waals surface area (Å²) < 4.78 is 10.7. The third kappa shape index (κ3) is 4.20. The number of carbonyl (C=O) groups is 2. The van der Waals surface area contributed by atoms with E-state index in [0.29, 0.717) is 5.69 Å². The Hall–Kier alpha value is -2.18. The molecule has 0 saturated heterocycles. The lowest BCUT2D eigenvalue weighted by atomic mass is 10.3. The van der Waals surface area contributed by atoms with Gasteiger partial charge in [-0.25, -0.2) is 4.98 Å². The van der Waals surface area contributed by atoms with E-state index < -0.39 is 17.3 Å². The van der Waals surface area contributed by atoms with Crippen LogP contribution in [-0.2, 0) is 20.9 Å². The maximum absolute atomic E-state index is 11.7. The van der Waals surface area contributed by atoms with Gasteiger partial charge in [-0.3, -0.25) is 19.0 Å². The van der Waals surface area contributed by atoms with Crippen LogP contribution in [0, 0.1) is 6.92 Å². The van der Waals surface area contributed by atoms with Crippen LogP contribution >= 0.6 is 0 Å². The highest BCUT2D eigenvalue weighted by Crippen LogP contribution is 2.05. The minimum absolute atomic E-state index is 0.0437. The number of ether oxygens (including phenoxy) is 2. The Bertz CT molecular complexity index is 535. The normalized spacial score (nSPS) is 10.1. The number of rotatable bonds is 6. The minimum Gasteiger partial charge on any atom is -0.468 e. The van der Waals surface area contributed by atoms with Crippen LogP contribution in [0.1, 0.15) is 19.0 Å². The van der Waals surface area contributed by atoms with Crippen LogP contribution in [0.4, 0.5) is 0 Å². The molecule has 1 aromatic heterocycles. The lowest BCUT2D eigenvalue weighted by Crippen LogP contribution is -2.27. The van der Waals surface area contributed by atoms with E-state index in [1.165, 1.54) is 13.2 Å². The van der Waals surface area contributed by atoms with Crippen LogP contribution in [0.15, 0.2) is 10.9 Å². The third-order valence-electron chi connectivity index (χ3n) is 2.27. The van der Waals surface area contributed by atoms with E-state index in [4.69, 9.17) is 4.74 Å². The molecule has 7 nitrogen and oxygen atoms in total. The van der Waals surface area contributed by atoms with E-state index >= 15 is 0 Å². The molecule has 0 aliphatic carbocycles. The van der Waals surface area contributed by atoms with Crippen molar-refractivity contribution in [3.8, 4) is 6.01 Å². The molecule has 7 heteroatoms. The van der Waals surface area contributed by atoms with Crippen molar-refractivity contribution in [2.45, 2.75) is 26.8 Å². The average molecular weight is 268 g/mol. The summed E-state index contributed by atoms with van der Waals surface area (Å²) in [6.45, 7) is 3.24. The molecule has 1 rings (SSSR count). The predicted molar refractivity (Wildman–Crippen MR) is 66.0 cm³/mol. The summed E-state index contributed by atoms with van der Waals surface area (Å²) in [5.41, 5.74) is 0.0949. The molecule has 0 bridgehead atoms. The fourth-order valence-corrected chi connectivity index (χ4v) is 1.50. The zero-order chi connectivity index (χ0) is 14.4. The number of nitrogens with zero attached hydrogens (tertiary/aromatic N) is 2. The topological polar surface area (TPSA) is 87.5 Å². The molecule has 0 atom stereocenters. The predicted octanol–water partition coefficient (Wildman–Crippen LogP) is 0.0826. The van der Waals surface area contributed by atoms with Crippen molar-refractivity contribution < 1.29 is 19.1 Å².